The van der Waals surface area contributed by atoms with Gasteiger partial charge in [-0.2, -0.15) is 0 Å². The van der Waals surface area contributed by atoms with Crippen LogP contribution in [0.2, 0.25) is 0 Å². The summed E-state index contributed by atoms with van der Waals surface area (Å²) in [4.78, 5) is 31.7. The molecule has 0 fully saturated rings. The average Bonchev–Trinajstić information content (AvgIpc) is 3.12. The SMILES string of the molecule is CCOC(=O)C(C)(C)n1c(CC)nc2scc(-c3ccc(C(C)C)cc3)c2c1=O. The average molecular weight is 413 g/mol. The van der Waals surface area contributed by atoms with Crippen molar-refractivity contribution in [3.05, 3.63) is 51.4 Å². The lowest BCUT2D eigenvalue weighted by Gasteiger charge is -2.27. The second-order valence-corrected chi connectivity index (χ2v) is 8.77. The summed E-state index contributed by atoms with van der Waals surface area (Å²) in [6.07, 6.45) is 0.546. The predicted octanol–water partition coefficient (Wildman–Crippen LogP) is 5.11. The van der Waals surface area contributed by atoms with Crippen LogP contribution >= 0.6 is 11.3 Å². The van der Waals surface area contributed by atoms with Crippen LogP contribution in [-0.2, 0) is 21.5 Å². The van der Waals surface area contributed by atoms with E-state index in [4.69, 9.17) is 9.72 Å². The summed E-state index contributed by atoms with van der Waals surface area (Å²) >= 11 is 1.46. The van der Waals surface area contributed by atoms with Crippen LogP contribution in [0.3, 0.4) is 0 Å². The number of fused-ring (bicyclic) bond motifs is 1. The summed E-state index contributed by atoms with van der Waals surface area (Å²) in [5.41, 5.74) is 1.74. The Morgan fingerprint density at radius 1 is 1.21 bits per heavy atom. The molecular weight excluding hydrogens is 384 g/mol. The van der Waals surface area contributed by atoms with Crippen LogP contribution in [0.25, 0.3) is 21.3 Å². The summed E-state index contributed by atoms with van der Waals surface area (Å²) in [5.74, 6) is 0.597. The highest BCUT2D eigenvalue weighted by Gasteiger charge is 2.35. The molecule has 0 aliphatic rings. The van der Waals surface area contributed by atoms with Crippen molar-refractivity contribution in [3.63, 3.8) is 0 Å². The summed E-state index contributed by atoms with van der Waals surface area (Å²) in [7, 11) is 0. The number of benzene rings is 1. The molecule has 0 aliphatic carbocycles. The first kappa shape index (κ1) is 21.2. The Hall–Kier alpha value is -2.47. The zero-order valence-electron chi connectivity index (χ0n) is 17.9. The Morgan fingerprint density at radius 3 is 2.41 bits per heavy atom. The molecule has 0 saturated carbocycles. The van der Waals surface area contributed by atoms with Crippen molar-refractivity contribution in [3.8, 4) is 11.1 Å². The minimum atomic E-state index is -1.14. The lowest BCUT2D eigenvalue weighted by atomic mass is 9.99. The van der Waals surface area contributed by atoms with Gasteiger partial charge in [0.05, 0.1) is 12.0 Å². The first-order valence-corrected chi connectivity index (χ1v) is 10.9. The molecule has 0 aliphatic heterocycles. The molecule has 5 nitrogen and oxygen atoms in total. The molecule has 3 aromatic rings. The number of carbonyl (C=O) groups excluding carboxylic acids is 1. The molecule has 1 aromatic carbocycles. The Labute approximate surface area is 175 Å². The number of hydrogen-bond donors (Lipinski definition) is 0. The number of esters is 1. The van der Waals surface area contributed by atoms with Crippen LogP contribution in [0, 0.1) is 0 Å². The predicted molar refractivity (Wildman–Crippen MR) is 119 cm³/mol. The van der Waals surface area contributed by atoms with E-state index in [-0.39, 0.29) is 12.2 Å². The molecule has 0 unspecified atom stereocenters. The second-order valence-electron chi connectivity index (χ2n) is 7.91. The molecule has 2 aromatic heterocycles. The smallest absolute Gasteiger partial charge is 0.331 e. The van der Waals surface area contributed by atoms with E-state index < -0.39 is 11.5 Å². The molecule has 3 rings (SSSR count). The van der Waals surface area contributed by atoms with Crippen molar-refractivity contribution in [2.24, 2.45) is 0 Å². The minimum Gasteiger partial charge on any atom is -0.464 e. The fourth-order valence-electron chi connectivity index (χ4n) is 3.51. The molecule has 0 spiro atoms. The molecule has 0 N–H and O–H groups in total. The zero-order valence-corrected chi connectivity index (χ0v) is 18.7. The lowest BCUT2D eigenvalue weighted by Crippen LogP contribution is -2.45. The van der Waals surface area contributed by atoms with Gasteiger partial charge in [-0.3, -0.25) is 9.36 Å². The number of thiophene rings is 1. The van der Waals surface area contributed by atoms with Crippen LogP contribution in [0.4, 0.5) is 0 Å². The van der Waals surface area contributed by atoms with Gasteiger partial charge in [-0.15, -0.1) is 11.3 Å². The van der Waals surface area contributed by atoms with Gasteiger partial charge in [0.2, 0.25) is 0 Å². The van der Waals surface area contributed by atoms with Gasteiger partial charge in [-0.1, -0.05) is 45.0 Å². The maximum absolute atomic E-state index is 13.6. The first-order valence-electron chi connectivity index (χ1n) is 10.0. The summed E-state index contributed by atoms with van der Waals surface area (Å²) in [5, 5.41) is 2.53. The van der Waals surface area contributed by atoms with E-state index in [9.17, 15) is 9.59 Å². The number of hydrogen-bond acceptors (Lipinski definition) is 5. The van der Waals surface area contributed by atoms with Gasteiger partial charge in [-0.25, -0.2) is 9.78 Å². The molecule has 6 heteroatoms. The number of rotatable bonds is 6. The van der Waals surface area contributed by atoms with Gasteiger partial charge in [-0.05, 0) is 37.8 Å². The standard InChI is InChI=1S/C23H28N2O3S/c1-7-18-24-20-19(21(26)25(18)23(5,6)22(27)28-8-2)17(13-29-20)16-11-9-15(10-12-16)14(3)4/h9-14H,7-8H2,1-6H3. The highest BCUT2D eigenvalue weighted by molar-refractivity contribution is 7.17. The number of aromatic nitrogens is 2. The molecule has 0 amide bonds. The topological polar surface area (TPSA) is 61.2 Å². The van der Waals surface area contributed by atoms with E-state index in [1.54, 1.807) is 20.8 Å². The summed E-state index contributed by atoms with van der Waals surface area (Å²) < 4.78 is 6.74. The van der Waals surface area contributed by atoms with Gasteiger partial charge in [0.25, 0.3) is 5.56 Å². The monoisotopic (exact) mass is 412 g/mol. The van der Waals surface area contributed by atoms with E-state index in [0.29, 0.717) is 28.4 Å². The van der Waals surface area contributed by atoms with Crippen LogP contribution in [0.5, 0.6) is 0 Å². The molecule has 2 heterocycles. The Kier molecular flexibility index (Phi) is 5.94. The Morgan fingerprint density at radius 2 is 1.86 bits per heavy atom. The minimum absolute atomic E-state index is 0.200. The third-order valence-corrected chi connectivity index (χ3v) is 6.09. The number of aryl methyl sites for hydroxylation is 1. The quantitative estimate of drug-likeness (QED) is 0.528. The summed E-state index contributed by atoms with van der Waals surface area (Å²) in [6, 6.07) is 8.28. The van der Waals surface area contributed by atoms with E-state index in [1.807, 2.05) is 24.4 Å². The normalized spacial score (nSPS) is 12.0. The molecule has 0 radical (unpaired) electrons. The van der Waals surface area contributed by atoms with Crippen molar-refractivity contribution in [2.75, 3.05) is 6.61 Å². The summed E-state index contributed by atoms with van der Waals surface area (Å²) in [6.45, 7) is 11.7. The number of nitrogens with zero attached hydrogens (tertiary/aromatic N) is 2. The molecule has 0 atom stereocenters. The van der Waals surface area contributed by atoms with Crippen molar-refractivity contribution >= 4 is 27.5 Å². The fourth-order valence-corrected chi connectivity index (χ4v) is 4.46. The second kappa shape index (κ2) is 8.11. The van der Waals surface area contributed by atoms with Crippen molar-refractivity contribution < 1.29 is 9.53 Å². The molecule has 154 valence electrons. The Bertz CT molecular complexity index is 1090. The van der Waals surface area contributed by atoms with Crippen molar-refractivity contribution in [2.45, 2.75) is 59.4 Å². The molecule has 29 heavy (non-hydrogen) atoms. The van der Waals surface area contributed by atoms with Gasteiger partial charge in [0, 0.05) is 17.4 Å². The molecule has 0 saturated heterocycles. The van der Waals surface area contributed by atoms with Gasteiger partial charge in [0.15, 0.2) is 0 Å². The van der Waals surface area contributed by atoms with Gasteiger partial charge >= 0.3 is 5.97 Å². The fraction of sp³-hybridized carbons (Fsp3) is 0.435. The van der Waals surface area contributed by atoms with E-state index in [2.05, 4.69) is 26.0 Å². The number of ether oxygens (including phenoxy) is 1. The first-order chi connectivity index (χ1) is 13.7. The molecule has 0 bridgehead atoms. The third kappa shape index (κ3) is 3.73. The van der Waals surface area contributed by atoms with E-state index >= 15 is 0 Å². The van der Waals surface area contributed by atoms with Gasteiger partial charge < -0.3 is 4.74 Å². The van der Waals surface area contributed by atoms with E-state index in [0.717, 1.165) is 11.1 Å². The highest BCUT2D eigenvalue weighted by atomic mass is 32.1. The van der Waals surface area contributed by atoms with E-state index in [1.165, 1.54) is 21.5 Å². The third-order valence-electron chi connectivity index (χ3n) is 5.22. The van der Waals surface area contributed by atoms with Crippen LogP contribution in [0.15, 0.2) is 34.4 Å². The molecular formula is C23H28N2O3S. The maximum atomic E-state index is 13.6. The van der Waals surface area contributed by atoms with Crippen molar-refractivity contribution in [1.82, 2.24) is 9.55 Å². The van der Waals surface area contributed by atoms with Crippen molar-refractivity contribution in [1.29, 1.82) is 0 Å². The van der Waals surface area contributed by atoms with Crippen LogP contribution in [0.1, 0.15) is 58.8 Å². The van der Waals surface area contributed by atoms with Gasteiger partial charge in [0.1, 0.15) is 16.2 Å². The van der Waals surface area contributed by atoms with Crippen LogP contribution < -0.4 is 5.56 Å². The maximum Gasteiger partial charge on any atom is 0.331 e. The number of carbonyl (C=O) groups is 1. The largest absolute Gasteiger partial charge is 0.464 e. The lowest BCUT2D eigenvalue weighted by molar-refractivity contribution is -0.152. The highest BCUT2D eigenvalue weighted by Crippen LogP contribution is 2.33. The Balaban J connectivity index is 2.24. The zero-order chi connectivity index (χ0) is 21.3. The van der Waals surface area contributed by atoms with Crippen LogP contribution in [-0.4, -0.2) is 22.1 Å².